The van der Waals surface area contributed by atoms with Gasteiger partial charge in [0.05, 0.1) is 6.61 Å². The zero-order chi connectivity index (χ0) is 13.2. The first-order valence-corrected chi connectivity index (χ1v) is 7.22. The van der Waals surface area contributed by atoms with Crippen LogP contribution in [0.4, 0.5) is 0 Å². The van der Waals surface area contributed by atoms with Crippen molar-refractivity contribution in [3.63, 3.8) is 0 Å². The summed E-state index contributed by atoms with van der Waals surface area (Å²) in [7, 11) is 0. The summed E-state index contributed by atoms with van der Waals surface area (Å²) in [4.78, 5) is 0. The maximum absolute atomic E-state index is 8.88. The Morgan fingerprint density at radius 3 is 2.94 bits per heavy atom. The number of aliphatic hydroxyl groups is 1. The largest absolute Gasteiger partial charge is 0.392 e. The lowest BCUT2D eigenvalue weighted by Crippen LogP contribution is -2.23. The Bertz CT molecular complexity index is 232. The van der Waals surface area contributed by atoms with E-state index in [0.717, 1.165) is 44.5 Å². The lowest BCUT2D eigenvalue weighted by molar-refractivity contribution is -0.163. The maximum atomic E-state index is 8.88. The van der Waals surface area contributed by atoms with Crippen LogP contribution in [0.15, 0.2) is 11.6 Å². The van der Waals surface area contributed by atoms with Gasteiger partial charge in [-0.15, -0.1) is 0 Å². The SMILES string of the molecule is C/C(=C\CC[C@@H](C)CCOC1CCCCO1)CO. The van der Waals surface area contributed by atoms with Gasteiger partial charge in [0.25, 0.3) is 0 Å². The molecule has 3 heteroatoms. The molecule has 0 bridgehead atoms. The van der Waals surface area contributed by atoms with Gasteiger partial charge in [0.1, 0.15) is 0 Å². The Hall–Kier alpha value is -0.380. The van der Waals surface area contributed by atoms with E-state index >= 15 is 0 Å². The molecular weight excluding hydrogens is 228 g/mol. The van der Waals surface area contributed by atoms with E-state index in [0.29, 0.717) is 5.92 Å². The van der Waals surface area contributed by atoms with Crippen LogP contribution in [0.5, 0.6) is 0 Å². The molecule has 0 amide bonds. The minimum Gasteiger partial charge on any atom is -0.392 e. The van der Waals surface area contributed by atoms with Gasteiger partial charge in [-0.1, -0.05) is 18.6 Å². The summed E-state index contributed by atoms with van der Waals surface area (Å²) in [6.07, 6.45) is 8.92. The molecule has 2 atom stereocenters. The Kier molecular flexibility index (Phi) is 8.31. The summed E-state index contributed by atoms with van der Waals surface area (Å²) in [6, 6.07) is 0. The normalized spacial score (nSPS) is 23.1. The number of aliphatic hydroxyl groups excluding tert-OH is 1. The molecule has 0 aromatic rings. The van der Waals surface area contributed by atoms with Crippen molar-refractivity contribution in [2.24, 2.45) is 5.92 Å². The molecule has 0 aliphatic carbocycles. The van der Waals surface area contributed by atoms with Crippen LogP contribution in [0.3, 0.4) is 0 Å². The van der Waals surface area contributed by atoms with Crippen molar-refractivity contribution < 1.29 is 14.6 Å². The molecule has 0 aromatic heterocycles. The van der Waals surface area contributed by atoms with Gasteiger partial charge >= 0.3 is 0 Å². The lowest BCUT2D eigenvalue weighted by atomic mass is 10.0. The molecular formula is C15H28O3. The lowest BCUT2D eigenvalue weighted by Gasteiger charge is -2.23. The molecule has 1 aliphatic rings. The Morgan fingerprint density at radius 1 is 1.44 bits per heavy atom. The van der Waals surface area contributed by atoms with Crippen LogP contribution in [0.25, 0.3) is 0 Å². The topological polar surface area (TPSA) is 38.7 Å². The number of rotatable bonds is 8. The fourth-order valence-corrected chi connectivity index (χ4v) is 2.07. The predicted molar refractivity (Wildman–Crippen MR) is 73.4 cm³/mol. The van der Waals surface area contributed by atoms with E-state index in [1.165, 1.54) is 12.8 Å². The van der Waals surface area contributed by atoms with Gasteiger partial charge in [0.2, 0.25) is 0 Å². The van der Waals surface area contributed by atoms with E-state index in [1.54, 1.807) is 0 Å². The molecule has 1 fully saturated rings. The fourth-order valence-electron chi connectivity index (χ4n) is 2.07. The van der Waals surface area contributed by atoms with Gasteiger partial charge in [0, 0.05) is 13.2 Å². The monoisotopic (exact) mass is 256 g/mol. The van der Waals surface area contributed by atoms with Crippen molar-refractivity contribution in [1.82, 2.24) is 0 Å². The molecule has 106 valence electrons. The highest BCUT2D eigenvalue weighted by molar-refractivity contribution is 4.97. The first-order valence-electron chi connectivity index (χ1n) is 7.22. The van der Waals surface area contributed by atoms with Gasteiger partial charge in [-0.2, -0.15) is 0 Å². The van der Waals surface area contributed by atoms with Crippen LogP contribution < -0.4 is 0 Å². The Labute approximate surface area is 111 Å². The summed E-state index contributed by atoms with van der Waals surface area (Å²) in [5.41, 5.74) is 1.06. The second kappa shape index (κ2) is 9.54. The van der Waals surface area contributed by atoms with Crippen LogP contribution in [-0.4, -0.2) is 31.2 Å². The number of ether oxygens (including phenoxy) is 2. The molecule has 0 saturated carbocycles. The smallest absolute Gasteiger partial charge is 0.157 e. The summed E-state index contributed by atoms with van der Waals surface area (Å²) in [6.45, 7) is 6.05. The predicted octanol–water partition coefficient (Wildman–Crippen LogP) is 3.27. The van der Waals surface area contributed by atoms with Crippen molar-refractivity contribution >= 4 is 0 Å². The van der Waals surface area contributed by atoms with Crippen molar-refractivity contribution in [1.29, 1.82) is 0 Å². The first-order chi connectivity index (χ1) is 8.72. The highest BCUT2D eigenvalue weighted by atomic mass is 16.7. The Balaban J connectivity index is 2.00. The number of hydrogen-bond donors (Lipinski definition) is 1. The number of hydrogen-bond acceptors (Lipinski definition) is 3. The summed E-state index contributed by atoms with van der Waals surface area (Å²) in [5, 5.41) is 8.88. The molecule has 1 rings (SSSR count). The molecule has 0 spiro atoms. The fraction of sp³-hybridized carbons (Fsp3) is 0.867. The van der Waals surface area contributed by atoms with Crippen LogP contribution in [0.2, 0.25) is 0 Å². The molecule has 3 nitrogen and oxygen atoms in total. The Morgan fingerprint density at radius 2 is 2.28 bits per heavy atom. The second-order valence-corrected chi connectivity index (χ2v) is 5.35. The average Bonchev–Trinajstić information content (AvgIpc) is 2.39. The molecule has 0 aromatic carbocycles. The van der Waals surface area contributed by atoms with Crippen LogP contribution >= 0.6 is 0 Å². The van der Waals surface area contributed by atoms with Gasteiger partial charge in [-0.05, 0) is 51.4 Å². The van der Waals surface area contributed by atoms with E-state index in [-0.39, 0.29) is 12.9 Å². The van der Waals surface area contributed by atoms with Gasteiger partial charge < -0.3 is 14.6 Å². The van der Waals surface area contributed by atoms with E-state index < -0.39 is 0 Å². The molecule has 1 heterocycles. The summed E-state index contributed by atoms with van der Waals surface area (Å²) < 4.78 is 11.3. The van der Waals surface area contributed by atoms with Crippen molar-refractivity contribution in [3.8, 4) is 0 Å². The van der Waals surface area contributed by atoms with E-state index in [2.05, 4.69) is 13.0 Å². The third-order valence-corrected chi connectivity index (χ3v) is 3.45. The van der Waals surface area contributed by atoms with Crippen molar-refractivity contribution in [2.45, 2.75) is 58.7 Å². The van der Waals surface area contributed by atoms with Crippen LogP contribution in [-0.2, 0) is 9.47 Å². The van der Waals surface area contributed by atoms with Gasteiger partial charge in [-0.3, -0.25) is 0 Å². The molecule has 1 N–H and O–H groups in total. The molecule has 0 radical (unpaired) electrons. The van der Waals surface area contributed by atoms with Crippen LogP contribution in [0.1, 0.15) is 52.4 Å². The average molecular weight is 256 g/mol. The number of allylic oxidation sites excluding steroid dienone is 1. The highest BCUT2D eigenvalue weighted by Crippen LogP contribution is 2.16. The standard InChI is InChI=1S/C15H28O3/c1-13(6-5-7-14(2)12-16)9-11-18-15-8-3-4-10-17-15/h7,13,15-16H,3-6,8-12H2,1-2H3/b14-7+/t13-,15?/m1/s1. The van der Waals surface area contributed by atoms with Gasteiger partial charge in [0.15, 0.2) is 6.29 Å². The molecule has 1 saturated heterocycles. The van der Waals surface area contributed by atoms with E-state index in [4.69, 9.17) is 14.6 Å². The van der Waals surface area contributed by atoms with E-state index in [9.17, 15) is 0 Å². The molecule has 1 aliphatic heterocycles. The van der Waals surface area contributed by atoms with Gasteiger partial charge in [-0.25, -0.2) is 0 Å². The third kappa shape index (κ3) is 7.14. The first kappa shape index (κ1) is 15.7. The summed E-state index contributed by atoms with van der Waals surface area (Å²) in [5.74, 6) is 0.663. The minimum absolute atomic E-state index is 0.0440. The zero-order valence-electron chi connectivity index (χ0n) is 11.9. The summed E-state index contributed by atoms with van der Waals surface area (Å²) >= 11 is 0. The molecule has 18 heavy (non-hydrogen) atoms. The quantitative estimate of drug-likeness (QED) is 0.677. The minimum atomic E-state index is 0.0440. The van der Waals surface area contributed by atoms with Crippen molar-refractivity contribution in [2.75, 3.05) is 19.8 Å². The second-order valence-electron chi connectivity index (χ2n) is 5.35. The molecule has 1 unspecified atom stereocenters. The van der Waals surface area contributed by atoms with Crippen LogP contribution in [0, 0.1) is 5.92 Å². The maximum Gasteiger partial charge on any atom is 0.157 e. The third-order valence-electron chi connectivity index (χ3n) is 3.45. The zero-order valence-corrected chi connectivity index (χ0v) is 11.9. The van der Waals surface area contributed by atoms with Crippen molar-refractivity contribution in [3.05, 3.63) is 11.6 Å². The van der Waals surface area contributed by atoms with E-state index in [1.807, 2.05) is 6.92 Å². The highest BCUT2D eigenvalue weighted by Gasteiger charge is 2.14.